The molecule has 2 aromatic carbocycles. The summed E-state index contributed by atoms with van der Waals surface area (Å²) in [5.74, 6) is 1.77. The highest BCUT2D eigenvalue weighted by Gasteiger charge is 2.29. The standard InChI is InChI=1S/C34H43BrN4O4/c1-22(6-7-24-8-11-26(12-9-24)42-30-5-3-4-28(35)23(30)2)21-38-16-18-39(19-17-38)34-36-29-20-25(10-14-31(29)43-34)27-13-15-32(40)37-33(27)41/h3-5,10,14,20,22,24,26-27H,6-9,11-13,15-19,21H2,1-2H3,(H,37,40,41)/t22-,24?,26?,27?/m1/s1. The van der Waals surface area contributed by atoms with Crippen molar-refractivity contribution in [3.8, 4) is 5.75 Å². The molecule has 6 rings (SSSR count). The number of rotatable bonds is 9. The maximum absolute atomic E-state index is 12.3. The number of nitrogens with zero attached hydrogens (tertiary/aromatic N) is 3. The van der Waals surface area contributed by atoms with Gasteiger partial charge in [0.15, 0.2) is 5.58 Å². The Bertz CT molecular complexity index is 1440. The zero-order valence-electron chi connectivity index (χ0n) is 25.3. The highest BCUT2D eigenvalue weighted by molar-refractivity contribution is 9.10. The lowest BCUT2D eigenvalue weighted by Gasteiger charge is -2.35. The van der Waals surface area contributed by atoms with Crippen LogP contribution < -0.4 is 15.0 Å². The molecule has 3 fully saturated rings. The molecule has 1 unspecified atom stereocenters. The molecule has 3 aliphatic rings. The van der Waals surface area contributed by atoms with Gasteiger partial charge in [-0.15, -0.1) is 0 Å². The lowest BCUT2D eigenvalue weighted by Crippen LogP contribution is -2.47. The number of piperidine rings is 1. The summed E-state index contributed by atoms with van der Waals surface area (Å²) < 4.78 is 13.6. The van der Waals surface area contributed by atoms with Crippen LogP contribution in [0.4, 0.5) is 6.01 Å². The summed E-state index contributed by atoms with van der Waals surface area (Å²) in [5.41, 5.74) is 3.56. The number of hydrogen-bond acceptors (Lipinski definition) is 7. The molecule has 1 N–H and O–H groups in total. The molecule has 3 heterocycles. The minimum Gasteiger partial charge on any atom is -0.490 e. The number of hydrogen-bond donors (Lipinski definition) is 1. The molecule has 3 aromatic rings. The van der Waals surface area contributed by atoms with E-state index in [1.807, 2.05) is 18.2 Å². The largest absolute Gasteiger partial charge is 0.490 e. The fraction of sp³-hybridized carbons (Fsp3) is 0.559. The summed E-state index contributed by atoms with van der Waals surface area (Å²) in [6.45, 7) is 9.44. The van der Waals surface area contributed by atoms with Crippen LogP contribution in [0, 0.1) is 18.8 Å². The molecule has 1 aliphatic carbocycles. The van der Waals surface area contributed by atoms with Gasteiger partial charge in [0.25, 0.3) is 6.01 Å². The molecule has 8 nitrogen and oxygen atoms in total. The van der Waals surface area contributed by atoms with E-state index in [1.165, 1.54) is 31.2 Å². The number of anilines is 1. The van der Waals surface area contributed by atoms with Gasteiger partial charge in [0.1, 0.15) is 11.3 Å². The van der Waals surface area contributed by atoms with Gasteiger partial charge in [-0.2, -0.15) is 4.98 Å². The van der Waals surface area contributed by atoms with Crippen molar-refractivity contribution in [2.45, 2.75) is 77.2 Å². The molecule has 0 bridgehead atoms. The Kier molecular flexibility index (Phi) is 9.38. The topological polar surface area (TPSA) is 87.9 Å². The molecule has 230 valence electrons. The number of carbonyl (C=O) groups is 2. The number of aromatic nitrogens is 1. The zero-order chi connectivity index (χ0) is 29.9. The third kappa shape index (κ3) is 7.26. The van der Waals surface area contributed by atoms with Gasteiger partial charge in [-0.05, 0) is 87.1 Å². The average Bonchev–Trinajstić information content (AvgIpc) is 3.43. The van der Waals surface area contributed by atoms with Crippen LogP contribution in [-0.2, 0) is 9.59 Å². The van der Waals surface area contributed by atoms with Crippen molar-refractivity contribution >= 4 is 44.9 Å². The number of amides is 2. The van der Waals surface area contributed by atoms with Crippen molar-refractivity contribution < 1.29 is 18.7 Å². The highest BCUT2D eigenvalue weighted by Crippen LogP contribution is 2.34. The van der Waals surface area contributed by atoms with Crippen LogP contribution in [0.5, 0.6) is 5.75 Å². The summed E-state index contributed by atoms with van der Waals surface area (Å²) in [7, 11) is 0. The number of ether oxygens (including phenoxy) is 1. The van der Waals surface area contributed by atoms with Crippen molar-refractivity contribution in [2.75, 3.05) is 37.6 Å². The minimum atomic E-state index is -0.316. The predicted molar refractivity (Wildman–Crippen MR) is 171 cm³/mol. The molecule has 2 saturated heterocycles. The summed E-state index contributed by atoms with van der Waals surface area (Å²) in [5, 5.41) is 2.45. The highest BCUT2D eigenvalue weighted by atomic mass is 79.9. The molecule has 2 atom stereocenters. The fourth-order valence-corrected chi connectivity index (χ4v) is 7.25. The number of imide groups is 1. The van der Waals surface area contributed by atoms with Gasteiger partial charge < -0.3 is 14.1 Å². The molecular weight excluding hydrogens is 608 g/mol. The molecule has 0 radical (unpaired) electrons. The van der Waals surface area contributed by atoms with Crippen molar-refractivity contribution in [1.82, 2.24) is 15.2 Å². The molecule has 2 aliphatic heterocycles. The quantitative estimate of drug-likeness (QED) is 0.261. The fourth-order valence-electron chi connectivity index (χ4n) is 6.90. The summed E-state index contributed by atoms with van der Waals surface area (Å²) in [6.07, 6.45) is 8.67. The number of benzene rings is 2. The Balaban J connectivity index is 0.922. The maximum Gasteiger partial charge on any atom is 0.298 e. The van der Waals surface area contributed by atoms with Crippen LogP contribution in [-0.4, -0.2) is 60.5 Å². The molecular formula is C34H43BrN4O4. The zero-order valence-corrected chi connectivity index (χ0v) is 26.9. The molecule has 1 aromatic heterocycles. The Morgan fingerprint density at radius 2 is 1.86 bits per heavy atom. The summed E-state index contributed by atoms with van der Waals surface area (Å²) in [6, 6.07) is 12.6. The van der Waals surface area contributed by atoms with Gasteiger partial charge in [-0.25, -0.2) is 0 Å². The van der Waals surface area contributed by atoms with E-state index in [2.05, 4.69) is 63.1 Å². The van der Waals surface area contributed by atoms with E-state index in [9.17, 15) is 9.59 Å². The predicted octanol–water partition coefficient (Wildman–Crippen LogP) is 6.60. The van der Waals surface area contributed by atoms with E-state index >= 15 is 0 Å². The first-order chi connectivity index (χ1) is 20.8. The summed E-state index contributed by atoms with van der Waals surface area (Å²) >= 11 is 3.62. The van der Waals surface area contributed by atoms with Crippen molar-refractivity contribution in [3.63, 3.8) is 0 Å². The van der Waals surface area contributed by atoms with Crippen LogP contribution in [0.25, 0.3) is 11.1 Å². The SMILES string of the molecule is Cc1c(Br)cccc1OC1CCC(CC[C@@H](C)CN2CCN(c3nc4cc(C5CCC(=O)NC5=O)ccc4o3)CC2)CC1. The smallest absolute Gasteiger partial charge is 0.298 e. The first-order valence-electron chi connectivity index (χ1n) is 16.0. The van der Waals surface area contributed by atoms with Gasteiger partial charge in [0, 0.05) is 49.2 Å². The number of oxazole rings is 1. The van der Waals surface area contributed by atoms with Gasteiger partial charge in [-0.3, -0.25) is 19.8 Å². The number of halogens is 1. The average molecular weight is 652 g/mol. The lowest BCUT2D eigenvalue weighted by atomic mass is 9.83. The Morgan fingerprint density at radius 1 is 1.07 bits per heavy atom. The molecule has 1 saturated carbocycles. The van der Waals surface area contributed by atoms with E-state index in [1.54, 1.807) is 0 Å². The van der Waals surface area contributed by atoms with Crippen LogP contribution in [0.15, 0.2) is 45.3 Å². The molecule has 43 heavy (non-hydrogen) atoms. The Hall–Kier alpha value is -2.91. The van der Waals surface area contributed by atoms with E-state index in [0.29, 0.717) is 30.9 Å². The third-order valence-corrected chi connectivity index (χ3v) is 10.5. The van der Waals surface area contributed by atoms with Crippen molar-refractivity contribution in [2.24, 2.45) is 11.8 Å². The lowest BCUT2D eigenvalue weighted by molar-refractivity contribution is -0.134. The van der Waals surface area contributed by atoms with Crippen LogP contribution in [0.3, 0.4) is 0 Å². The second-order valence-corrected chi connectivity index (χ2v) is 13.7. The first-order valence-corrected chi connectivity index (χ1v) is 16.7. The Labute approximate surface area is 262 Å². The third-order valence-electron chi connectivity index (χ3n) is 9.63. The number of piperazine rings is 1. The summed E-state index contributed by atoms with van der Waals surface area (Å²) in [4.78, 5) is 33.4. The second kappa shape index (κ2) is 13.4. The normalized spacial score (nSPS) is 24.3. The van der Waals surface area contributed by atoms with Crippen LogP contribution in [0.2, 0.25) is 0 Å². The van der Waals surface area contributed by atoms with Crippen molar-refractivity contribution in [3.05, 3.63) is 52.0 Å². The molecule has 2 amide bonds. The number of carbonyl (C=O) groups excluding carboxylic acids is 2. The minimum absolute atomic E-state index is 0.198. The van der Waals surface area contributed by atoms with Gasteiger partial charge in [-0.1, -0.05) is 41.4 Å². The van der Waals surface area contributed by atoms with E-state index in [4.69, 9.17) is 14.1 Å². The number of nitrogens with one attached hydrogen (secondary N) is 1. The maximum atomic E-state index is 12.3. The van der Waals surface area contributed by atoms with Gasteiger partial charge in [0.05, 0.1) is 12.0 Å². The second-order valence-electron chi connectivity index (χ2n) is 12.8. The van der Waals surface area contributed by atoms with Gasteiger partial charge in [0.2, 0.25) is 11.8 Å². The Morgan fingerprint density at radius 3 is 2.63 bits per heavy atom. The monoisotopic (exact) mass is 650 g/mol. The molecule has 9 heteroatoms. The van der Waals surface area contributed by atoms with Gasteiger partial charge >= 0.3 is 0 Å². The van der Waals surface area contributed by atoms with Crippen molar-refractivity contribution in [1.29, 1.82) is 0 Å². The van der Waals surface area contributed by atoms with Crippen LogP contribution in [0.1, 0.15) is 75.3 Å². The first kappa shape index (κ1) is 30.1. The number of fused-ring (bicyclic) bond motifs is 1. The molecule has 0 spiro atoms. The van der Waals surface area contributed by atoms with E-state index < -0.39 is 0 Å². The van der Waals surface area contributed by atoms with Crippen LogP contribution >= 0.6 is 15.9 Å². The van der Waals surface area contributed by atoms with E-state index in [-0.39, 0.29) is 17.7 Å². The van der Waals surface area contributed by atoms with E-state index in [0.717, 1.165) is 78.4 Å².